The number of benzene rings is 9. The number of pyridine rings is 1. The van der Waals surface area contributed by atoms with E-state index in [9.17, 15) is 0 Å². The Labute approximate surface area is 351 Å². The van der Waals surface area contributed by atoms with Gasteiger partial charge in [-0.05, 0) is 69.8 Å². The molecule has 0 aliphatic heterocycles. The van der Waals surface area contributed by atoms with Crippen LogP contribution in [0.1, 0.15) is 0 Å². The van der Waals surface area contributed by atoms with Crippen LogP contribution in [-0.2, 0) is 0 Å². The minimum Gasteiger partial charge on any atom is -0.309 e. The van der Waals surface area contributed by atoms with Crippen molar-refractivity contribution in [2.75, 3.05) is 0 Å². The molecule has 3 aromatic heterocycles. The summed E-state index contributed by atoms with van der Waals surface area (Å²) in [6, 6.07) is 74.6. The molecule has 12 rings (SSSR count). The molecule has 0 aliphatic carbocycles. The van der Waals surface area contributed by atoms with Gasteiger partial charge in [0.25, 0.3) is 0 Å². The summed E-state index contributed by atoms with van der Waals surface area (Å²) in [5.41, 5.74) is 11.4. The molecule has 0 fully saturated rings. The molecule has 0 aliphatic rings. The van der Waals surface area contributed by atoms with Gasteiger partial charge in [0.2, 0.25) is 0 Å². The quantitative estimate of drug-likeness (QED) is 0.158. The van der Waals surface area contributed by atoms with E-state index in [1.807, 2.05) is 30.3 Å². The lowest BCUT2D eigenvalue weighted by atomic mass is 9.98. The van der Waals surface area contributed by atoms with Crippen molar-refractivity contribution >= 4 is 54.3 Å². The Morgan fingerprint density at radius 2 is 0.836 bits per heavy atom. The van der Waals surface area contributed by atoms with Crippen molar-refractivity contribution in [3.05, 3.63) is 212 Å². The van der Waals surface area contributed by atoms with E-state index in [1.165, 1.54) is 16.2 Å². The van der Waals surface area contributed by atoms with E-state index in [-0.39, 0.29) is 0 Å². The maximum atomic E-state index is 5.35. The summed E-state index contributed by atoms with van der Waals surface area (Å²) in [6.07, 6.45) is 0. The molecule has 9 aromatic carbocycles. The second-order valence-corrected chi connectivity index (χ2v) is 15.5. The standard InChI is InChI=1S/C56H35N5/c1-4-16-37(17-5-1)53-47-26-13-12-25-45(47)48-35-52-49(34-50(48)57-53)46-30-29-41(33-51(46)61(52)44-23-8-3-9-24-44)40-21-14-22-42(32-40)55-58-54(38-18-6-2-7-19-38)59-56(60-55)43-28-27-36-15-10-11-20-39(36)31-43/h1-35H. The van der Waals surface area contributed by atoms with Crippen LogP contribution >= 0.6 is 0 Å². The van der Waals surface area contributed by atoms with Gasteiger partial charge in [-0.15, -0.1) is 0 Å². The Hall–Kier alpha value is -8.28. The number of para-hydroxylation sites is 1. The molecule has 12 aromatic rings. The van der Waals surface area contributed by atoms with Crippen LogP contribution < -0.4 is 0 Å². The summed E-state index contributed by atoms with van der Waals surface area (Å²) >= 11 is 0. The lowest BCUT2D eigenvalue weighted by molar-refractivity contribution is 1.07. The number of aromatic nitrogens is 5. The zero-order chi connectivity index (χ0) is 40.3. The van der Waals surface area contributed by atoms with Gasteiger partial charge in [-0.1, -0.05) is 170 Å². The number of nitrogens with zero attached hydrogens (tertiary/aromatic N) is 5. The van der Waals surface area contributed by atoms with E-state index in [0.29, 0.717) is 17.5 Å². The molecule has 0 N–H and O–H groups in total. The normalized spacial score (nSPS) is 11.6. The molecule has 0 atom stereocenters. The summed E-state index contributed by atoms with van der Waals surface area (Å²) in [4.78, 5) is 20.5. The molecule has 61 heavy (non-hydrogen) atoms. The highest BCUT2D eigenvalue weighted by molar-refractivity contribution is 6.19. The van der Waals surface area contributed by atoms with Crippen LogP contribution in [0.3, 0.4) is 0 Å². The molecule has 0 spiro atoms. The van der Waals surface area contributed by atoms with Crippen molar-refractivity contribution in [1.82, 2.24) is 24.5 Å². The molecule has 284 valence electrons. The maximum absolute atomic E-state index is 5.35. The Kier molecular flexibility index (Phi) is 8.10. The maximum Gasteiger partial charge on any atom is 0.164 e. The first-order valence-corrected chi connectivity index (χ1v) is 20.5. The number of hydrogen-bond acceptors (Lipinski definition) is 4. The monoisotopic (exact) mass is 777 g/mol. The molecule has 3 heterocycles. The van der Waals surface area contributed by atoms with Gasteiger partial charge >= 0.3 is 0 Å². The number of fused-ring (bicyclic) bond motifs is 7. The molecule has 0 bridgehead atoms. The average Bonchev–Trinajstić information content (AvgIpc) is 3.66. The van der Waals surface area contributed by atoms with Crippen LogP contribution in [0, 0.1) is 0 Å². The van der Waals surface area contributed by atoms with Gasteiger partial charge in [-0.25, -0.2) is 19.9 Å². The van der Waals surface area contributed by atoms with E-state index >= 15 is 0 Å². The van der Waals surface area contributed by atoms with Gasteiger partial charge in [0.05, 0.1) is 22.2 Å². The molecular weight excluding hydrogens is 743 g/mol. The Bertz CT molecular complexity index is 3630. The number of rotatable bonds is 6. The van der Waals surface area contributed by atoms with Crippen LogP contribution in [0.15, 0.2) is 212 Å². The van der Waals surface area contributed by atoms with E-state index < -0.39 is 0 Å². The summed E-state index contributed by atoms with van der Waals surface area (Å²) in [5, 5.41) is 8.11. The van der Waals surface area contributed by atoms with Gasteiger partial charge in [-0.2, -0.15) is 0 Å². The summed E-state index contributed by atoms with van der Waals surface area (Å²) in [6.45, 7) is 0. The Morgan fingerprint density at radius 1 is 0.279 bits per heavy atom. The molecular formula is C56H35N5. The van der Waals surface area contributed by atoms with E-state index in [1.54, 1.807) is 0 Å². The van der Waals surface area contributed by atoms with Crippen LogP contribution in [0.4, 0.5) is 0 Å². The van der Waals surface area contributed by atoms with Gasteiger partial charge in [-0.3, -0.25) is 0 Å². The minimum atomic E-state index is 0.625. The summed E-state index contributed by atoms with van der Waals surface area (Å²) < 4.78 is 2.39. The van der Waals surface area contributed by atoms with Gasteiger partial charge in [0, 0.05) is 49.5 Å². The average molecular weight is 778 g/mol. The second kappa shape index (κ2) is 14.2. The predicted octanol–water partition coefficient (Wildman–Crippen LogP) is 14.2. The highest BCUT2D eigenvalue weighted by Crippen LogP contribution is 2.40. The smallest absolute Gasteiger partial charge is 0.164 e. The van der Waals surface area contributed by atoms with E-state index in [4.69, 9.17) is 19.9 Å². The zero-order valence-electron chi connectivity index (χ0n) is 32.9. The van der Waals surface area contributed by atoms with Crippen LogP contribution in [-0.4, -0.2) is 24.5 Å². The van der Waals surface area contributed by atoms with Crippen LogP contribution in [0.5, 0.6) is 0 Å². The lowest BCUT2D eigenvalue weighted by Crippen LogP contribution is -2.00. The van der Waals surface area contributed by atoms with E-state index in [0.717, 1.165) is 82.9 Å². The molecule has 5 nitrogen and oxygen atoms in total. The third-order valence-electron chi connectivity index (χ3n) is 11.8. The molecule has 0 unspecified atom stereocenters. The third-order valence-corrected chi connectivity index (χ3v) is 11.8. The summed E-state index contributed by atoms with van der Waals surface area (Å²) in [5.74, 6) is 1.90. The first-order chi connectivity index (χ1) is 30.2. The topological polar surface area (TPSA) is 56.5 Å². The predicted molar refractivity (Wildman–Crippen MR) is 252 cm³/mol. The van der Waals surface area contributed by atoms with Crippen LogP contribution in [0.25, 0.3) is 116 Å². The van der Waals surface area contributed by atoms with Crippen molar-refractivity contribution < 1.29 is 0 Å². The fraction of sp³-hybridized carbons (Fsp3) is 0. The second-order valence-electron chi connectivity index (χ2n) is 15.5. The Balaban J connectivity index is 1.03. The lowest BCUT2D eigenvalue weighted by Gasteiger charge is -2.12. The SMILES string of the molecule is c1ccc(-c2nc(-c3cccc(-c4ccc5c6cc7nc(-c8ccccc8)c8ccccc8c7cc6n(-c6ccccc6)c5c4)c3)nc(-c3ccc4ccccc4c3)n2)cc1. The largest absolute Gasteiger partial charge is 0.309 e. The zero-order valence-corrected chi connectivity index (χ0v) is 32.9. The molecule has 0 amide bonds. The van der Waals surface area contributed by atoms with Gasteiger partial charge in [0.15, 0.2) is 17.5 Å². The van der Waals surface area contributed by atoms with Crippen molar-refractivity contribution in [3.63, 3.8) is 0 Å². The number of hydrogen-bond donors (Lipinski definition) is 0. The summed E-state index contributed by atoms with van der Waals surface area (Å²) in [7, 11) is 0. The van der Waals surface area contributed by atoms with Crippen LogP contribution in [0.2, 0.25) is 0 Å². The molecule has 5 heteroatoms. The van der Waals surface area contributed by atoms with Gasteiger partial charge in [0.1, 0.15) is 0 Å². The first-order valence-electron chi connectivity index (χ1n) is 20.5. The fourth-order valence-corrected chi connectivity index (χ4v) is 8.83. The first kappa shape index (κ1) is 34.7. The van der Waals surface area contributed by atoms with Crippen molar-refractivity contribution in [2.24, 2.45) is 0 Å². The molecule has 0 radical (unpaired) electrons. The molecule has 0 saturated carbocycles. The fourth-order valence-electron chi connectivity index (χ4n) is 8.83. The molecule has 0 saturated heterocycles. The van der Waals surface area contributed by atoms with Crippen molar-refractivity contribution in [3.8, 4) is 62.2 Å². The van der Waals surface area contributed by atoms with Gasteiger partial charge < -0.3 is 4.57 Å². The Morgan fingerprint density at radius 3 is 1.61 bits per heavy atom. The third kappa shape index (κ3) is 6.02. The van der Waals surface area contributed by atoms with Crippen molar-refractivity contribution in [2.45, 2.75) is 0 Å². The highest BCUT2D eigenvalue weighted by Gasteiger charge is 2.19. The van der Waals surface area contributed by atoms with Crippen molar-refractivity contribution in [1.29, 1.82) is 0 Å². The minimum absolute atomic E-state index is 0.625. The van der Waals surface area contributed by atoms with E-state index in [2.05, 4.69) is 187 Å². The highest BCUT2D eigenvalue weighted by atomic mass is 15.0.